The van der Waals surface area contributed by atoms with Gasteiger partial charge in [-0.05, 0) is 44.0 Å². The van der Waals surface area contributed by atoms with Crippen LogP contribution in [-0.2, 0) is 14.8 Å². The molecule has 3 rings (SSSR count). The number of nitrogens with zero attached hydrogens (tertiary/aromatic N) is 1. The number of para-hydroxylation sites is 1. The number of amides is 2. The Morgan fingerprint density at radius 2 is 1.93 bits per heavy atom. The highest BCUT2D eigenvalue weighted by Crippen LogP contribution is 2.28. The molecule has 2 heterocycles. The van der Waals surface area contributed by atoms with E-state index in [9.17, 15) is 23.1 Å². The Labute approximate surface area is 167 Å². The molecule has 0 saturated carbocycles. The molecule has 150 valence electrons. The van der Waals surface area contributed by atoms with Gasteiger partial charge in [0.15, 0.2) is 0 Å². The molecule has 1 aliphatic heterocycles. The molecule has 1 saturated heterocycles. The molecule has 3 N–H and O–H groups in total. The Balaban J connectivity index is 1.62. The fraction of sp³-hybridized carbons (Fsp3) is 0.333. The van der Waals surface area contributed by atoms with Crippen LogP contribution < -0.4 is 10.9 Å². The summed E-state index contributed by atoms with van der Waals surface area (Å²) in [5.74, 6) is -1.89. The SMILES string of the molecule is Cc1ccc(S(=O)(=O)N2CCC[C@@H](C(=O)NNC(=O)c3ccccc3O)C2)s1. The Kier molecular flexibility index (Phi) is 6.01. The third kappa shape index (κ3) is 4.34. The van der Waals surface area contributed by atoms with E-state index in [0.717, 1.165) is 4.88 Å². The minimum Gasteiger partial charge on any atom is -0.507 e. The number of hydrogen-bond acceptors (Lipinski definition) is 6. The average Bonchev–Trinajstić information content (AvgIpc) is 3.13. The van der Waals surface area contributed by atoms with E-state index in [1.54, 1.807) is 24.3 Å². The van der Waals surface area contributed by atoms with Gasteiger partial charge in [-0.15, -0.1) is 11.3 Å². The van der Waals surface area contributed by atoms with Crippen molar-refractivity contribution in [2.24, 2.45) is 5.92 Å². The standard InChI is InChI=1S/C18H21N3O5S2/c1-12-8-9-16(27-12)28(25,26)21-10-4-5-13(11-21)17(23)19-20-18(24)14-6-2-3-7-15(14)22/h2-3,6-9,13,22H,4-5,10-11H2,1H3,(H,19,23)(H,20,24)/t13-/m1/s1. The largest absolute Gasteiger partial charge is 0.507 e. The normalized spacial score (nSPS) is 17.8. The predicted octanol–water partition coefficient (Wildman–Crippen LogP) is 1.62. The number of hydrogen-bond donors (Lipinski definition) is 3. The minimum absolute atomic E-state index is 0.0312. The molecule has 2 aromatic rings. The van der Waals surface area contributed by atoms with E-state index in [4.69, 9.17) is 0 Å². The van der Waals surface area contributed by atoms with Gasteiger partial charge in [0.2, 0.25) is 5.91 Å². The molecule has 0 unspecified atom stereocenters. The topological polar surface area (TPSA) is 116 Å². The van der Waals surface area contributed by atoms with Gasteiger partial charge in [-0.3, -0.25) is 20.4 Å². The molecule has 28 heavy (non-hydrogen) atoms. The number of nitrogens with one attached hydrogen (secondary N) is 2. The fourth-order valence-corrected chi connectivity index (χ4v) is 5.97. The molecular formula is C18H21N3O5S2. The van der Waals surface area contributed by atoms with Gasteiger partial charge in [-0.1, -0.05) is 12.1 Å². The average molecular weight is 424 g/mol. The summed E-state index contributed by atoms with van der Waals surface area (Å²) < 4.78 is 27.1. The van der Waals surface area contributed by atoms with Crippen LogP contribution in [0.1, 0.15) is 28.1 Å². The van der Waals surface area contributed by atoms with Crippen molar-refractivity contribution < 1.29 is 23.1 Å². The predicted molar refractivity (Wildman–Crippen MR) is 104 cm³/mol. The Bertz CT molecular complexity index is 987. The van der Waals surface area contributed by atoms with E-state index in [1.165, 1.54) is 27.8 Å². The zero-order valence-corrected chi connectivity index (χ0v) is 16.8. The number of sulfonamides is 1. The minimum atomic E-state index is -3.64. The Hall–Kier alpha value is -2.43. The second-order valence-corrected chi connectivity index (χ2v) is 9.98. The van der Waals surface area contributed by atoms with Gasteiger partial charge in [0.1, 0.15) is 9.96 Å². The second kappa shape index (κ2) is 8.29. The zero-order chi connectivity index (χ0) is 20.3. The highest BCUT2D eigenvalue weighted by molar-refractivity contribution is 7.91. The van der Waals surface area contributed by atoms with Gasteiger partial charge < -0.3 is 5.11 Å². The molecule has 0 bridgehead atoms. The molecule has 1 atom stereocenters. The van der Waals surface area contributed by atoms with Crippen molar-refractivity contribution in [2.45, 2.75) is 24.0 Å². The Morgan fingerprint density at radius 1 is 1.18 bits per heavy atom. The summed E-state index contributed by atoms with van der Waals surface area (Å²) in [5, 5.41) is 9.68. The van der Waals surface area contributed by atoms with E-state index < -0.39 is 27.8 Å². The Morgan fingerprint density at radius 3 is 2.61 bits per heavy atom. The van der Waals surface area contributed by atoms with Crippen LogP contribution in [0.15, 0.2) is 40.6 Å². The first kappa shape index (κ1) is 20.3. The summed E-state index contributed by atoms with van der Waals surface area (Å²) in [4.78, 5) is 25.4. The van der Waals surface area contributed by atoms with Gasteiger partial charge >= 0.3 is 0 Å². The van der Waals surface area contributed by atoms with Crippen molar-refractivity contribution in [3.8, 4) is 5.75 Å². The van der Waals surface area contributed by atoms with E-state index in [2.05, 4.69) is 10.9 Å². The lowest BCUT2D eigenvalue weighted by Crippen LogP contribution is -2.49. The summed E-state index contributed by atoms with van der Waals surface area (Å²) in [6.45, 7) is 2.24. The van der Waals surface area contributed by atoms with Gasteiger partial charge in [-0.2, -0.15) is 4.31 Å². The monoisotopic (exact) mass is 423 g/mol. The molecule has 1 aromatic heterocycles. The molecule has 2 amide bonds. The van der Waals surface area contributed by atoms with Gasteiger partial charge in [0, 0.05) is 18.0 Å². The van der Waals surface area contributed by atoms with Gasteiger partial charge in [-0.25, -0.2) is 8.42 Å². The van der Waals surface area contributed by atoms with Crippen LogP contribution in [0.25, 0.3) is 0 Å². The van der Waals surface area contributed by atoms with Crippen LogP contribution in [0.5, 0.6) is 5.75 Å². The first-order valence-corrected chi connectivity index (χ1v) is 11.0. The van der Waals surface area contributed by atoms with Gasteiger partial charge in [0.25, 0.3) is 15.9 Å². The molecule has 0 aliphatic carbocycles. The van der Waals surface area contributed by atoms with E-state index in [1.807, 2.05) is 6.92 Å². The summed E-state index contributed by atoms with van der Waals surface area (Å²) in [7, 11) is -3.64. The highest BCUT2D eigenvalue weighted by atomic mass is 32.2. The van der Waals surface area contributed by atoms with Crippen LogP contribution in [0, 0.1) is 12.8 Å². The number of piperidine rings is 1. The van der Waals surface area contributed by atoms with Crippen molar-refractivity contribution in [2.75, 3.05) is 13.1 Å². The van der Waals surface area contributed by atoms with Crippen LogP contribution in [-0.4, -0.2) is 42.7 Å². The second-order valence-electron chi connectivity index (χ2n) is 6.53. The van der Waals surface area contributed by atoms with Crippen molar-refractivity contribution >= 4 is 33.2 Å². The van der Waals surface area contributed by atoms with Crippen LogP contribution >= 0.6 is 11.3 Å². The summed E-state index contributed by atoms with van der Waals surface area (Å²) in [6.07, 6.45) is 1.07. The summed E-state index contributed by atoms with van der Waals surface area (Å²) in [5.41, 5.74) is 4.62. The number of phenolic OH excluding ortho intramolecular Hbond substituents is 1. The fourth-order valence-electron chi connectivity index (χ4n) is 3.01. The molecule has 1 aliphatic rings. The highest BCUT2D eigenvalue weighted by Gasteiger charge is 2.34. The van der Waals surface area contributed by atoms with E-state index >= 15 is 0 Å². The quantitative estimate of drug-likeness (QED) is 0.647. The third-order valence-corrected chi connectivity index (χ3v) is 7.85. The van der Waals surface area contributed by atoms with Crippen molar-refractivity contribution in [1.29, 1.82) is 0 Å². The van der Waals surface area contributed by atoms with Crippen LogP contribution in [0.2, 0.25) is 0 Å². The van der Waals surface area contributed by atoms with Crippen molar-refractivity contribution in [1.82, 2.24) is 15.2 Å². The molecule has 1 fully saturated rings. The lowest BCUT2D eigenvalue weighted by Gasteiger charge is -2.30. The number of aromatic hydroxyl groups is 1. The lowest BCUT2D eigenvalue weighted by atomic mass is 9.99. The summed E-state index contributed by atoms with van der Waals surface area (Å²) >= 11 is 1.20. The number of carbonyl (C=O) groups is 2. The number of thiophene rings is 1. The van der Waals surface area contributed by atoms with Crippen molar-refractivity contribution in [3.05, 3.63) is 46.8 Å². The molecular weight excluding hydrogens is 402 g/mol. The lowest BCUT2D eigenvalue weighted by molar-refractivity contribution is -0.126. The molecule has 8 nitrogen and oxygen atoms in total. The first-order valence-electron chi connectivity index (χ1n) is 8.74. The smallest absolute Gasteiger partial charge is 0.273 e. The van der Waals surface area contributed by atoms with Crippen LogP contribution in [0.4, 0.5) is 0 Å². The number of rotatable bonds is 4. The number of aryl methyl sites for hydroxylation is 1. The molecule has 10 heteroatoms. The van der Waals surface area contributed by atoms with Gasteiger partial charge in [0.05, 0.1) is 11.5 Å². The zero-order valence-electron chi connectivity index (χ0n) is 15.2. The maximum Gasteiger partial charge on any atom is 0.273 e. The third-order valence-electron chi connectivity index (χ3n) is 4.51. The molecule has 0 spiro atoms. The molecule has 1 aromatic carbocycles. The maximum absolute atomic E-state index is 12.8. The number of benzene rings is 1. The van der Waals surface area contributed by atoms with Crippen molar-refractivity contribution in [3.63, 3.8) is 0 Å². The summed E-state index contributed by atoms with van der Waals surface area (Å²) in [6, 6.07) is 9.29. The maximum atomic E-state index is 12.8. The first-order chi connectivity index (χ1) is 13.3. The van der Waals surface area contributed by atoms with Crippen LogP contribution in [0.3, 0.4) is 0 Å². The number of hydrazine groups is 1. The molecule has 0 radical (unpaired) electrons. The number of phenols is 1. The number of carbonyl (C=O) groups excluding carboxylic acids is 2. The van der Waals surface area contributed by atoms with E-state index in [-0.39, 0.29) is 22.1 Å². The van der Waals surface area contributed by atoms with E-state index in [0.29, 0.717) is 19.4 Å².